The van der Waals surface area contributed by atoms with Gasteiger partial charge in [0.2, 0.25) is 0 Å². The van der Waals surface area contributed by atoms with Crippen LogP contribution < -0.4 is 10.0 Å². The van der Waals surface area contributed by atoms with Crippen LogP contribution in [-0.2, 0) is 22.2 Å². The molecule has 0 bridgehead atoms. The Kier molecular flexibility index (Phi) is 7.42. The number of rotatable bonds is 7. The maximum absolute atomic E-state index is 13.6. The number of fused-ring (bicyclic) bond motifs is 1. The Morgan fingerprint density at radius 2 is 1.64 bits per heavy atom. The van der Waals surface area contributed by atoms with Gasteiger partial charge in [0.05, 0.1) is 4.90 Å². The van der Waals surface area contributed by atoms with E-state index in [-0.39, 0.29) is 23.4 Å². The van der Waals surface area contributed by atoms with E-state index < -0.39 is 27.6 Å². The van der Waals surface area contributed by atoms with Crippen LogP contribution in [0.1, 0.15) is 59.2 Å². The number of urea groups is 1. The number of carbonyl (C=O) groups excluding carboxylic acids is 2. The van der Waals surface area contributed by atoms with E-state index >= 15 is 0 Å². The van der Waals surface area contributed by atoms with Gasteiger partial charge in [0.1, 0.15) is 5.82 Å². The van der Waals surface area contributed by atoms with Crippen LogP contribution in [-0.4, -0.2) is 42.9 Å². The Balaban J connectivity index is 1.29. The Labute approximate surface area is 226 Å². The average molecular weight is 552 g/mol. The van der Waals surface area contributed by atoms with Crippen molar-refractivity contribution in [3.05, 3.63) is 101 Å². The lowest BCUT2D eigenvalue weighted by molar-refractivity contribution is -0.0494. The van der Waals surface area contributed by atoms with Gasteiger partial charge in [-0.15, -0.1) is 0 Å². The summed E-state index contributed by atoms with van der Waals surface area (Å²) in [6, 6.07) is 17.4. The van der Waals surface area contributed by atoms with Crippen LogP contribution in [0.2, 0.25) is 0 Å². The summed E-state index contributed by atoms with van der Waals surface area (Å²) in [5, 5.41) is 14.6. The minimum Gasteiger partial charge on any atom is -0.363 e. The largest absolute Gasteiger partial charge is 0.363 e. The minimum absolute atomic E-state index is 0.0238. The predicted molar refractivity (Wildman–Crippen MR) is 143 cm³/mol. The molecule has 1 unspecified atom stereocenters. The van der Waals surface area contributed by atoms with Crippen LogP contribution in [0.3, 0.4) is 0 Å². The van der Waals surface area contributed by atoms with E-state index in [1.54, 1.807) is 36.4 Å². The molecular weight excluding hydrogens is 521 g/mol. The van der Waals surface area contributed by atoms with Crippen molar-refractivity contribution in [1.29, 1.82) is 0 Å². The molecule has 0 aromatic heterocycles. The van der Waals surface area contributed by atoms with Crippen molar-refractivity contribution in [2.75, 3.05) is 6.54 Å². The van der Waals surface area contributed by atoms with Gasteiger partial charge in [-0.2, -0.15) is 0 Å². The SMILES string of the molecule is O=C(NC1CCCCC1)NS(=O)(=O)c1ccc(CCN2C(=O)c3ccccc3C2(O)c2ccc(F)cc2)cc1. The zero-order valence-electron chi connectivity index (χ0n) is 21.3. The molecule has 10 heteroatoms. The first-order valence-corrected chi connectivity index (χ1v) is 14.5. The van der Waals surface area contributed by atoms with Crippen molar-refractivity contribution in [1.82, 2.24) is 14.9 Å². The number of benzene rings is 3. The molecule has 204 valence electrons. The molecule has 1 atom stereocenters. The highest BCUT2D eigenvalue weighted by Gasteiger charge is 2.49. The van der Waals surface area contributed by atoms with Gasteiger partial charge in [-0.05, 0) is 55.2 Å². The maximum atomic E-state index is 13.6. The number of aliphatic hydroxyl groups is 1. The van der Waals surface area contributed by atoms with E-state index in [1.165, 1.54) is 41.3 Å². The molecule has 0 spiro atoms. The van der Waals surface area contributed by atoms with Crippen molar-refractivity contribution in [2.45, 2.75) is 55.2 Å². The zero-order chi connectivity index (χ0) is 27.6. The fraction of sp³-hybridized carbons (Fsp3) is 0.310. The Bertz CT molecular complexity index is 1470. The molecule has 2 aliphatic rings. The maximum Gasteiger partial charge on any atom is 0.328 e. The van der Waals surface area contributed by atoms with Gasteiger partial charge >= 0.3 is 6.03 Å². The van der Waals surface area contributed by atoms with Crippen molar-refractivity contribution in [2.24, 2.45) is 0 Å². The zero-order valence-corrected chi connectivity index (χ0v) is 22.1. The molecule has 3 aromatic rings. The first-order valence-electron chi connectivity index (χ1n) is 13.0. The highest BCUT2D eigenvalue weighted by Crippen LogP contribution is 2.42. The monoisotopic (exact) mass is 551 g/mol. The summed E-state index contributed by atoms with van der Waals surface area (Å²) < 4.78 is 41.1. The smallest absolute Gasteiger partial charge is 0.328 e. The van der Waals surface area contributed by atoms with Crippen LogP contribution in [0.4, 0.5) is 9.18 Å². The van der Waals surface area contributed by atoms with Crippen LogP contribution in [0.5, 0.6) is 0 Å². The topological polar surface area (TPSA) is 116 Å². The first-order chi connectivity index (χ1) is 18.7. The van der Waals surface area contributed by atoms with Crippen molar-refractivity contribution < 1.29 is 27.5 Å². The molecule has 3 N–H and O–H groups in total. The second-order valence-electron chi connectivity index (χ2n) is 9.99. The van der Waals surface area contributed by atoms with Gasteiger partial charge in [0.15, 0.2) is 5.72 Å². The number of amides is 3. The van der Waals surface area contributed by atoms with Crippen molar-refractivity contribution in [3.8, 4) is 0 Å². The fourth-order valence-electron chi connectivity index (χ4n) is 5.39. The number of carbonyl (C=O) groups is 2. The molecule has 1 aliphatic carbocycles. The highest BCUT2D eigenvalue weighted by atomic mass is 32.2. The number of halogens is 1. The fourth-order valence-corrected chi connectivity index (χ4v) is 6.30. The van der Waals surface area contributed by atoms with Gasteiger partial charge in [-0.3, -0.25) is 4.79 Å². The summed E-state index contributed by atoms with van der Waals surface area (Å²) in [4.78, 5) is 26.8. The van der Waals surface area contributed by atoms with Gasteiger partial charge in [-0.1, -0.05) is 61.7 Å². The Morgan fingerprint density at radius 3 is 2.33 bits per heavy atom. The van der Waals surface area contributed by atoms with E-state index in [9.17, 15) is 27.5 Å². The summed E-state index contributed by atoms with van der Waals surface area (Å²) in [5.41, 5.74) is 0.0938. The molecule has 0 radical (unpaired) electrons. The second kappa shape index (κ2) is 10.8. The average Bonchev–Trinajstić information content (AvgIpc) is 3.15. The van der Waals surface area contributed by atoms with Gasteiger partial charge < -0.3 is 15.3 Å². The summed E-state index contributed by atoms with van der Waals surface area (Å²) in [5.74, 6) is -0.813. The second-order valence-corrected chi connectivity index (χ2v) is 11.7. The molecule has 8 nitrogen and oxygen atoms in total. The van der Waals surface area contributed by atoms with E-state index in [2.05, 4.69) is 10.0 Å². The third kappa shape index (κ3) is 5.39. The summed E-state index contributed by atoms with van der Waals surface area (Å²) >= 11 is 0. The van der Waals surface area contributed by atoms with E-state index in [0.717, 1.165) is 37.7 Å². The highest BCUT2D eigenvalue weighted by molar-refractivity contribution is 7.90. The summed E-state index contributed by atoms with van der Waals surface area (Å²) in [6.45, 7) is 0.121. The number of hydrogen-bond donors (Lipinski definition) is 3. The first kappa shape index (κ1) is 26.8. The lowest BCUT2D eigenvalue weighted by atomic mass is 9.93. The number of nitrogens with zero attached hydrogens (tertiary/aromatic N) is 1. The van der Waals surface area contributed by atoms with Gasteiger partial charge in [0, 0.05) is 29.3 Å². The molecule has 3 aromatic carbocycles. The molecular formula is C29H30FN3O5S. The summed E-state index contributed by atoms with van der Waals surface area (Å²) in [7, 11) is -4.06. The molecule has 1 aliphatic heterocycles. The molecule has 0 saturated heterocycles. The van der Waals surface area contributed by atoms with E-state index in [1.807, 2.05) is 0 Å². The standard InChI is InChI=1S/C29H30FN3O5S/c30-22-14-12-21(13-15-22)29(36)26-9-5-4-8-25(26)27(34)33(29)19-18-20-10-16-24(17-11-20)39(37,38)32-28(35)31-23-6-2-1-3-7-23/h4-5,8-17,23,36H,1-3,6-7,18-19H2,(H2,31,32,35). The quantitative estimate of drug-likeness (QED) is 0.410. The third-order valence-electron chi connectivity index (χ3n) is 7.44. The van der Waals surface area contributed by atoms with E-state index in [4.69, 9.17) is 0 Å². The molecule has 3 amide bonds. The van der Waals surface area contributed by atoms with Crippen molar-refractivity contribution in [3.63, 3.8) is 0 Å². The Hall–Kier alpha value is -3.76. The molecule has 5 rings (SSSR count). The minimum atomic E-state index is -4.06. The van der Waals surface area contributed by atoms with Gasteiger partial charge in [0.25, 0.3) is 15.9 Å². The van der Waals surface area contributed by atoms with Gasteiger partial charge in [-0.25, -0.2) is 22.3 Å². The normalized spacial score (nSPS) is 19.5. The lowest BCUT2D eigenvalue weighted by Gasteiger charge is -2.35. The number of nitrogens with one attached hydrogen (secondary N) is 2. The molecule has 1 saturated carbocycles. The third-order valence-corrected chi connectivity index (χ3v) is 8.79. The van der Waals surface area contributed by atoms with Crippen LogP contribution in [0.15, 0.2) is 77.7 Å². The Morgan fingerprint density at radius 1 is 0.974 bits per heavy atom. The summed E-state index contributed by atoms with van der Waals surface area (Å²) in [6.07, 6.45) is 5.13. The number of hydrogen-bond acceptors (Lipinski definition) is 5. The molecule has 39 heavy (non-hydrogen) atoms. The molecule has 1 fully saturated rings. The predicted octanol–water partition coefficient (Wildman–Crippen LogP) is 4.04. The van der Waals surface area contributed by atoms with Crippen LogP contribution in [0.25, 0.3) is 0 Å². The lowest BCUT2D eigenvalue weighted by Crippen LogP contribution is -2.45. The van der Waals surface area contributed by atoms with Crippen molar-refractivity contribution >= 4 is 22.0 Å². The molecule has 1 heterocycles. The van der Waals surface area contributed by atoms with Crippen LogP contribution >= 0.6 is 0 Å². The van der Waals surface area contributed by atoms with Crippen LogP contribution in [0, 0.1) is 5.82 Å². The van der Waals surface area contributed by atoms with E-state index in [0.29, 0.717) is 23.1 Å². The number of sulfonamides is 1.